The Morgan fingerprint density at radius 2 is 0.686 bits per heavy atom. The quantitative estimate of drug-likeness (QED) is 0.0219. The van der Waals surface area contributed by atoms with Crippen LogP contribution in [-0.4, -0.2) is 383 Å². The van der Waals surface area contributed by atoms with E-state index in [2.05, 4.69) is 21.9 Å². The molecule has 0 aromatic rings. The van der Waals surface area contributed by atoms with Crippen molar-refractivity contribution in [2.75, 3.05) is 344 Å². The maximum atomic E-state index is 13.3. The molecule has 35 nitrogen and oxygen atoms in total. The predicted octanol–water partition coefficient (Wildman–Crippen LogP) is -0.637. The first-order valence-corrected chi connectivity index (χ1v) is 35.3. The van der Waals surface area contributed by atoms with E-state index < -0.39 is 36.0 Å². The number of alkyl carbamates (subject to hydrolysis) is 1. The van der Waals surface area contributed by atoms with Crippen LogP contribution in [0.25, 0.3) is 0 Å². The van der Waals surface area contributed by atoms with E-state index in [1.54, 1.807) is 7.11 Å². The first kappa shape index (κ1) is 97.6. The molecule has 102 heavy (non-hydrogen) atoms. The number of carbonyl (C=O) groups excluding carboxylic acids is 4. The van der Waals surface area contributed by atoms with Gasteiger partial charge in [-0.2, -0.15) is 0 Å². The zero-order valence-electron chi connectivity index (χ0n) is 61.8. The van der Waals surface area contributed by atoms with Gasteiger partial charge < -0.3 is 145 Å². The van der Waals surface area contributed by atoms with Crippen molar-refractivity contribution < 1.29 is 133 Å². The molecule has 600 valence electrons. The van der Waals surface area contributed by atoms with Gasteiger partial charge in [0.25, 0.3) is 0 Å². The van der Waals surface area contributed by atoms with Gasteiger partial charge in [0.15, 0.2) is 0 Å². The fraction of sp³-hybridized carbons (Fsp3) is 0.881. The summed E-state index contributed by atoms with van der Waals surface area (Å²) in [6.07, 6.45) is 7.75. The van der Waals surface area contributed by atoms with Crippen LogP contribution in [0, 0.1) is 12.3 Å². The van der Waals surface area contributed by atoms with Crippen LogP contribution >= 0.6 is 0 Å². The van der Waals surface area contributed by atoms with Crippen molar-refractivity contribution in [2.24, 2.45) is 11.6 Å². The molecule has 0 spiro atoms. The first-order chi connectivity index (χ1) is 49.9. The molecule has 0 saturated carbocycles. The molecule has 0 rings (SSSR count). The summed E-state index contributed by atoms with van der Waals surface area (Å²) in [6.45, 7) is 23.7. The summed E-state index contributed by atoms with van der Waals surface area (Å²) in [5.41, 5.74) is 5.92. The van der Waals surface area contributed by atoms with Crippen LogP contribution in [0.4, 0.5) is 4.79 Å². The third-order valence-corrected chi connectivity index (χ3v) is 12.4. The van der Waals surface area contributed by atoms with E-state index in [0.717, 1.165) is 17.7 Å². The first-order valence-electron chi connectivity index (χ1n) is 35.3. The third kappa shape index (κ3) is 79.7. The van der Waals surface area contributed by atoms with Gasteiger partial charge >= 0.3 is 6.09 Å². The van der Waals surface area contributed by atoms with Crippen molar-refractivity contribution in [3.8, 4) is 12.3 Å². The number of hydrazine groups is 1. The van der Waals surface area contributed by atoms with Crippen LogP contribution in [0.15, 0.2) is 11.9 Å². The Labute approximate surface area is 605 Å². The lowest BCUT2D eigenvalue weighted by molar-refractivity contribution is -0.140. The highest BCUT2D eigenvalue weighted by atomic mass is 16.6. The molecule has 7 N–H and O–H groups in total. The molecule has 0 unspecified atom stereocenters. The minimum Gasteiger partial charge on any atom is -0.444 e. The van der Waals surface area contributed by atoms with E-state index in [1.165, 1.54) is 11.2 Å². The van der Waals surface area contributed by atoms with Gasteiger partial charge in [-0.15, -0.1) is 6.42 Å². The van der Waals surface area contributed by atoms with Crippen molar-refractivity contribution in [1.82, 2.24) is 25.9 Å². The van der Waals surface area contributed by atoms with Gasteiger partial charge in [0.2, 0.25) is 17.7 Å². The molecule has 4 amide bonds. The number of ether oxygens (including phenoxy) is 24. The number of unbranched alkanes of at least 4 members (excludes halogenated alkanes) is 1. The number of rotatable bonds is 82. The number of nitrogens with one attached hydrogen (secondary N) is 3. The molecular weight excluding hydrogens is 1350 g/mol. The third-order valence-electron chi connectivity index (χ3n) is 12.4. The largest absolute Gasteiger partial charge is 0.444 e. The Kier molecular flexibility index (Phi) is 75.8. The molecule has 0 aliphatic carbocycles. The molecule has 0 aromatic carbocycles. The number of carbonyl (C=O) groups is 4. The number of nitrogens with zero attached hydrogens (tertiary/aromatic N) is 2. The number of terminal acetylenes is 1. The van der Waals surface area contributed by atoms with Crippen molar-refractivity contribution in [2.45, 2.75) is 45.6 Å². The maximum absolute atomic E-state index is 13.3. The second-order valence-electron chi connectivity index (χ2n) is 22.3. The second-order valence-corrected chi connectivity index (χ2v) is 22.3. The Hall–Kier alpha value is -4.38. The minimum absolute atomic E-state index is 0.0371. The predicted molar refractivity (Wildman–Crippen MR) is 373 cm³/mol. The number of methoxy groups -OCH3 is 1. The van der Waals surface area contributed by atoms with Gasteiger partial charge in [0, 0.05) is 39.6 Å². The van der Waals surface area contributed by atoms with Crippen molar-refractivity contribution >= 4 is 23.8 Å². The summed E-state index contributed by atoms with van der Waals surface area (Å²) in [5, 5.41) is 9.47. The number of hydrogen-bond donors (Lipinski definition) is 5. The monoisotopic (exact) mass is 1480 g/mol. The average molecular weight is 1480 g/mol. The van der Waals surface area contributed by atoms with E-state index in [1.807, 2.05) is 20.8 Å². The Morgan fingerprint density at radius 3 is 1.03 bits per heavy atom. The van der Waals surface area contributed by atoms with Gasteiger partial charge in [-0.25, -0.2) is 10.6 Å². The lowest BCUT2D eigenvalue weighted by Crippen LogP contribution is -2.47. The number of amides is 4. The van der Waals surface area contributed by atoms with E-state index in [9.17, 15) is 19.2 Å². The van der Waals surface area contributed by atoms with Crippen LogP contribution in [-0.2, 0) is 128 Å². The zero-order valence-corrected chi connectivity index (χ0v) is 61.8. The normalized spacial score (nSPS) is 11.7. The molecule has 0 bridgehead atoms. The fourth-order valence-electron chi connectivity index (χ4n) is 7.49. The van der Waals surface area contributed by atoms with Crippen molar-refractivity contribution in [1.29, 1.82) is 0 Å². The molecule has 0 atom stereocenters. The van der Waals surface area contributed by atoms with Gasteiger partial charge in [-0.3, -0.25) is 14.4 Å². The lowest BCUT2D eigenvalue weighted by Gasteiger charge is -2.22. The minimum atomic E-state index is -0.511. The highest BCUT2D eigenvalue weighted by Crippen LogP contribution is 2.06. The van der Waals surface area contributed by atoms with Crippen LogP contribution in [0.1, 0.15) is 40.0 Å². The SMILES string of the molecule is C#CCOCCOCCOCCOCCC(=O)N(CC(=O)NCCOCCOCCOCCOCCOCCOCCOCCOCCOCCOCCOCCOC)CC(=O)NCCN(N)/C=C(\N)COCCOCCOCCOCCOCCOCCOCCCCNC(=O)OC(C)(C)C. The molecule has 0 fully saturated rings. The smallest absolute Gasteiger partial charge is 0.407 e. The summed E-state index contributed by atoms with van der Waals surface area (Å²) in [5.74, 6) is 7.02. The summed E-state index contributed by atoms with van der Waals surface area (Å²) < 4.78 is 131. The van der Waals surface area contributed by atoms with E-state index in [0.29, 0.717) is 257 Å². The van der Waals surface area contributed by atoms with Gasteiger partial charge in [-0.05, 0) is 33.6 Å². The van der Waals surface area contributed by atoms with E-state index in [-0.39, 0.29) is 85.5 Å². The molecule has 0 saturated heterocycles. The molecule has 0 aliphatic heterocycles. The van der Waals surface area contributed by atoms with Crippen LogP contribution < -0.4 is 27.5 Å². The highest BCUT2D eigenvalue weighted by Gasteiger charge is 2.21. The number of nitrogens with two attached hydrogens (primary N) is 2. The van der Waals surface area contributed by atoms with Crippen LogP contribution in [0.5, 0.6) is 0 Å². The fourth-order valence-corrected chi connectivity index (χ4v) is 7.49. The zero-order chi connectivity index (χ0) is 74.2. The van der Waals surface area contributed by atoms with Gasteiger partial charge in [0.05, 0.1) is 303 Å². The molecular formula is C67H129N7O28. The Morgan fingerprint density at radius 1 is 0.382 bits per heavy atom. The topological polar surface area (TPSA) is 384 Å². The van der Waals surface area contributed by atoms with Crippen molar-refractivity contribution in [3.63, 3.8) is 0 Å². The standard InChI is InChI=1S/C67H129N7O28/c1-6-14-80-20-24-85-30-32-87-26-22-82-16-9-65(77)73(60-64(76)71-12-17-83-23-27-88-33-35-91-39-41-93-44-45-95-48-49-97-51-50-96-47-46-94-43-42-92-37-36-89-29-28-84-19-18-79-5)59-63(75)70-11-13-74(69)58-62(68)61-101-57-56-100-55-54-99-53-52-98-40-38-90-34-31-86-25-21-81-15-8-7-10-72-66(78)102-67(2,3)4/h1,58H,7-57,59-61,68-69H2,2-5H3,(H,70,75)(H,71,76)(H,72,78)/b62-58-. The van der Waals surface area contributed by atoms with E-state index >= 15 is 0 Å². The van der Waals surface area contributed by atoms with Gasteiger partial charge in [0.1, 0.15) is 25.3 Å². The maximum Gasteiger partial charge on any atom is 0.407 e. The molecule has 0 aliphatic rings. The van der Waals surface area contributed by atoms with Crippen LogP contribution in [0.2, 0.25) is 0 Å². The van der Waals surface area contributed by atoms with Gasteiger partial charge in [-0.1, -0.05) is 5.92 Å². The molecule has 0 heterocycles. The summed E-state index contributed by atoms with van der Waals surface area (Å²) >= 11 is 0. The summed E-state index contributed by atoms with van der Waals surface area (Å²) in [6, 6.07) is 0. The lowest BCUT2D eigenvalue weighted by atomic mass is 10.2. The average Bonchev–Trinajstić information content (AvgIpc) is 0.929. The Balaban J connectivity index is 4.16. The van der Waals surface area contributed by atoms with Crippen LogP contribution in [0.3, 0.4) is 0 Å². The summed E-state index contributed by atoms with van der Waals surface area (Å²) in [4.78, 5) is 52.2. The molecule has 0 aromatic heterocycles. The Bertz CT molecular complexity index is 1920. The second kappa shape index (κ2) is 79.2. The molecule has 35 heteroatoms. The van der Waals surface area contributed by atoms with E-state index in [4.69, 9.17) is 132 Å². The number of hydrogen-bond acceptors (Lipinski definition) is 31. The molecule has 0 radical (unpaired) electrons. The highest BCUT2D eigenvalue weighted by molar-refractivity contribution is 5.89. The van der Waals surface area contributed by atoms with Crippen molar-refractivity contribution in [3.05, 3.63) is 11.9 Å². The summed E-state index contributed by atoms with van der Waals surface area (Å²) in [7, 11) is 1.63.